The van der Waals surface area contributed by atoms with E-state index in [1.54, 1.807) is 31.2 Å². The maximum Gasteiger partial charge on any atom is 0.337 e. The number of aliphatic carboxylic acids is 1. The van der Waals surface area contributed by atoms with Gasteiger partial charge in [-0.2, -0.15) is 0 Å². The molecule has 8 nitrogen and oxygen atoms in total. The average molecular weight is 507 g/mol. The van der Waals surface area contributed by atoms with Crippen LogP contribution in [0.1, 0.15) is 67.2 Å². The molecule has 5 atom stereocenters. The van der Waals surface area contributed by atoms with Gasteiger partial charge in [0.2, 0.25) is 11.8 Å². The van der Waals surface area contributed by atoms with Crippen LogP contribution < -0.4 is 10.2 Å². The molecule has 2 aliphatic rings. The van der Waals surface area contributed by atoms with Gasteiger partial charge in [0, 0.05) is 6.04 Å². The molecular weight excluding hydrogens is 472 g/mol. The number of hydrogen-bond donors (Lipinski definition) is 2. The highest BCUT2D eigenvalue weighted by atomic mass is 16.5. The molecule has 0 aliphatic carbocycles. The molecule has 2 aromatic rings. The van der Waals surface area contributed by atoms with Gasteiger partial charge in [0.05, 0.1) is 30.2 Å². The van der Waals surface area contributed by atoms with Crippen LogP contribution in [0, 0.1) is 17.8 Å². The Labute approximate surface area is 217 Å². The molecule has 0 spiro atoms. The first-order chi connectivity index (χ1) is 17.7. The molecule has 2 aliphatic heterocycles. The number of nitrogens with one attached hydrogen (secondary N) is 1. The summed E-state index contributed by atoms with van der Waals surface area (Å²) in [6, 6.07) is 11.6. The number of ether oxygens (including phenoxy) is 1. The number of carbonyl (C=O) groups is 4. The molecular formula is C29H34N2O6. The Morgan fingerprint density at radius 3 is 2.11 bits per heavy atom. The Morgan fingerprint density at radius 1 is 1.03 bits per heavy atom. The van der Waals surface area contributed by atoms with Crippen LogP contribution >= 0.6 is 0 Å². The first-order valence-electron chi connectivity index (χ1n) is 12.9. The molecule has 5 unspecified atom stereocenters. The fourth-order valence-corrected chi connectivity index (χ4v) is 6.08. The van der Waals surface area contributed by atoms with Gasteiger partial charge >= 0.3 is 11.9 Å². The molecule has 2 aromatic carbocycles. The summed E-state index contributed by atoms with van der Waals surface area (Å²) in [5.41, 5.74) is 1.68. The average Bonchev–Trinajstić information content (AvgIpc) is 3.41. The number of carbonyl (C=O) groups excluding carboxylic acids is 3. The predicted molar refractivity (Wildman–Crippen MR) is 138 cm³/mol. The van der Waals surface area contributed by atoms with Crippen LogP contribution in [0.25, 0.3) is 0 Å². The van der Waals surface area contributed by atoms with Gasteiger partial charge in [0.25, 0.3) is 0 Å². The predicted octanol–water partition coefficient (Wildman–Crippen LogP) is 3.92. The summed E-state index contributed by atoms with van der Waals surface area (Å²) >= 11 is 0. The second-order valence-electron chi connectivity index (χ2n) is 9.87. The number of hydrogen-bond acceptors (Lipinski definition) is 6. The first kappa shape index (κ1) is 26.5. The van der Waals surface area contributed by atoms with Crippen LogP contribution in [0.5, 0.6) is 0 Å². The summed E-state index contributed by atoms with van der Waals surface area (Å²) in [4.78, 5) is 54.5. The minimum absolute atomic E-state index is 0.340. The molecule has 2 amide bonds. The van der Waals surface area contributed by atoms with Crippen molar-refractivity contribution in [1.29, 1.82) is 0 Å². The number of carboxylic acid groups (broad SMARTS) is 1. The van der Waals surface area contributed by atoms with E-state index in [4.69, 9.17) is 4.74 Å². The van der Waals surface area contributed by atoms with Crippen molar-refractivity contribution < 1.29 is 29.0 Å². The normalized spacial score (nSPS) is 25.8. The zero-order valence-corrected chi connectivity index (χ0v) is 21.9. The van der Waals surface area contributed by atoms with Gasteiger partial charge in [0.15, 0.2) is 0 Å². The van der Waals surface area contributed by atoms with Gasteiger partial charge in [0.1, 0.15) is 5.54 Å². The molecule has 196 valence electrons. The van der Waals surface area contributed by atoms with Crippen molar-refractivity contribution in [2.75, 3.05) is 12.0 Å². The second kappa shape index (κ2) is 10.1. The van der Waals surface area contributed by atoms with E-state index in [9.17, 15) is 24.3 Å². The maximum atomic E-state index is 14.2. The number of amides is 2. The Bertz CT molecular complexity index is 1220. The van der Waals surface area contributed by atoms with E-state index in [-0.39, 0.29) is 0 Å². The third-order valence-corrected chi connectivity index (χ3v) is 8.22. The number of carboxylic acids is 1. The Hall–Kier alpha value is -3.52. The molecule has 0 bridgehead atoms. The largest absolute Gasteiger partial charge is 0.480 e. The van der Waals surface area contributed by atoms with E-state index in [2.05, 4.69) is 5.32 Å². The Balaban J connectivity index is 1.90. The van der Waals surface area contributed by atoms with Crippen LogP contribution in [0.4, 0.5) is 5.69 Å². The third kappa shape index (κ3) is 3.94. The maximum absolute atomic E-state index is 14.2. The van der Waals surface area contributed by atoms with Crippen molar-refractivity contribution in [3.8, 4) is 0 Å². The summed E-state index contributed by atoms with van der Waals surface area (Å²) in [6.45, 7) is 7.63. The Morgan fingerprint density at radius 2 is 1.62 bits per heavy atom. The molecule has 2 saturated heterocycles. The number of nitrogens with zero attached hydrogens (tertiary/aromatic N) is 1. The minimum atomic E-state index is -1.62. The van der Waals surface area contributed by atoms with E-state index < -0.39 is 53.1 Å². The third-order valence-electron chi connectivity index (χ3n) is 8.22. The van der Waals surface area contributed by atoms with Gasteiger partial charge < -0.3 is 9.84 Å². The summed E-state index contributed by atoms with van der Waals surface area (Å²) in [6.07, 6.45) is 1.76. The molecule has 8 heteroatoms. The van der Waals surface area contributed by atoms with Crippen LogP contribution in [0.15, 0.2) is 42.5 Å². The number of rotatable bonds is 8. The lowest BCUT2D eigenvalue weighted by molar-refractivity contribution is -0.151. The molecule has 4 rings (SSSR count). The van der Waals surface area contributed by atoms with Gasteiger partial charge in [-0.15, -0.1) is 0 Å². The first-order valence-corrected chi connectivity index (χ1v) is 12.9. The quantitative estimate of drug-likeness (QED) is 0.412. The van der Waals surface area contributed by atoms with E-state index in [1.165, 1.54) is 12.0 Å². The molecule has 0 aromatic heterocycles. The van der Waals surface area contributed by atoms with E-state index in [0.29, 0.717) is 36.1 Å². The van der Waals surface area contributed by atoms with Crippen molar-refractivity contribution >= 4 is 29.4 Å². The number of methoxy groups -OCH3 is 1. The standard InChI is InChI=1S/C29H34N2O6/c1-6-16(4)29(28(35)36)22-21(23(30-29)19-12-14-20(15-13-19)27(34)37-5)25(32)31(26(22)33)24-17(7-2)10-9-11-18(24)8-3/h9-16,21-23,30H,6-8H2,1-5H3,(H,35,36). The van der Waals surface area contributed by atoms with Gasteiger partial charge in [-0.05, 0) is 47.6 Å². The lowest BCUT2D eigenvalue weighted by Crippen LogP contribution is -2.59. The number of esters is 1. The number of fused-ring (bicyclic) bond motifs is 1. The van der Waals surface area contributed by atoms with E-state index in [0.717, 1.165) is 11.1 Å². The summed E-state index contributed by atoms with van der Waals surface area (Å²) in [5.74, 6) is -4.93. The lowest BCUT2D eigenvalue weighted by Gasteiger charge is -2.36. The smallest absolute Gasteiger partial charge is 0.337 e. The van der Waals surface area contributed by atoms with Gasteiger partial charge in [-0.3, -0.25) is 19.7 Å². The molecule has 0 radical (unpaired) electrons. The van der Waals surface area contributed by atoms with E-state index in [1.807, 2.05) is 39.0 Å². The number of para-hydroxylation sites is 1. The van der Waals surface area contributed by atoms with Crippen LogP contribution in [0.2, 0.25) is 0 Å². The van der Waals surface area contributed by atoms with Crippen LogP contribution in [-0.4, -0.2) is 41.5 Å². The van der Waals surface area contributed by atoms with Gasteiger partial charge in [-0.1, -0.05) is 64.4 Å². The summed E-state index contributed by atoms with van der Waals surface area (Å²) < 4.78 is 4.78. The zero-order chi connectivity index (χ0) is 27.1. The van der Waals surface area contributed by atoms with Crippen molar-refractivity contribution in [1.82, 2.24) is 5.32 Å². The second-order valence-corrected chi connectivity index (χ2v) is 9.87. The van der Waals surface area contributed by atoms with Crippen LogP contribution in [0.3, 0.4) is 0 Å². The van der Waals surface area contributed by atoms with Crippen molar-refractivity contribution in [3.63, 3.8) is 0 Å². The summed E-state index contributed by atoms with van der Waals surface area (Å²) in [7, 11) is 1.29. The highest BCUT2D eigenvalue weighted by Crippen LogP contribution is 2.53. The number of aryl methyl sites for hydroxylation is 2. The lowest BCUT2D eigenvalue weighted by atomic mass is 9.72. The van der Waals surface area contributed by atoms with Crippen molar-refractivity contribution in [2.24, 2.45) is 17.8 Å². The fourth-order valence-electron chi connectivity index (χ4n) is 6.08. The SMILES string of the molecule is CCc1cccc(CC)c1N1C(=O)C2C(c3ccc(C(=O)OC)cc3)NC(C(=O)O)(C(C)CC)C2C1=O. The highest BCUT2D eigenvalue weighted by Gasteiger charge is 2.70. The van der Waals surface area contributed by atoms with Gasteiger partial charge in [-0.25, -0.2) is 9.69 Å². The molecule has 2 N–H and O–H groups in total. The van der Waals surface area contributed by atoms with Crippen LogP contribution in [-0.2, 0) is 32.0 Å². The number of imide groups is 1. The molecule has 2 fully saturated rings. The fraction of sp³-hybridized carbons (Fsp3) is 0.448. The minimum Gasteiger partial charge on any atom is -0.480 e. The zero-order valence-electron chi connectivity index (χ0n) is 21.9. The van der Waals surface area contributed by atoms with Crippen molar-refractivity contribution in [2.45, 2.75) is 58.5 Å². The molecule has 0 saturated carbocycles. The van der Waals surface area contributed by atoms with E-state index >= 15 is 0 Å². The topological polar surface area (TPSA) is 113 Å². The monoisotopic (exact) mass is 506 g/mol. The molecule has 37 heavy (non-hydrogen) atoms. The van der Waals surface area contributed by atoms with Crippen molar-refractivity contribution in [3.05, 3.63) is 64.7 Å². The Kier molecular flexibility index (Phi) is 7.24. The molecule has 2 heterocycles. The number of benzene rings is 2. The highest BCUT2D eigenvalue weighted by molar-refractivity contribution is 6.25. The number of anilines is 1. The summed E-state index contributed by atoms with van der Waals surface area (Å²) in [5, 5.41) is 13.8.